The van der Waals surface area contributed by atoms with Crippen LogP contribution in [-0.4, -0.2) is 25.8 Å². The molecule has 0 bridgehead atoms. The number of anilines is 1. The van der Waals surface area contributed by atoms with Gasteiger partial charge in [0.15, 0.2) is 0 Å². The van der Waals surface area contributed by atoms with Gasteiger partial charge in [-0.2, -0.15) is 0 Å². The lowest BCUT2D eigenvalue weighted by Gasteiger charge is -2.41. The summed E-state index contributed by atoms with van der Waals surface area (Å²) >= 11 is 5.90. The first-order chi connectivity index (χ1) is 8.59. The van der Waals surface area contributed by atoms with E-state index in [2.05, 4.69) is 11.8 Å². The fourth-order valence-electron chi connectivity index (χ4n) is 2.59. The maximum atomic E-state index is 14.0. The fraction of sp³-hybridized carbons (Fsp3) is 0.571. The second kappa shape index (κ2) is 5.45. The second-order valence-corrected chi connectivity index (χ2v) is 5.33. The third-order valence-corrected chi connectivity index (χ3v) is 3.97. The van der Waals surface area contributed by atoms with E-state index in [-0.39, 0.29) is 11.4 Å². The molecule has 2 nitrogen and oxygen atoms in total. The number of piperidine rings is 1. The number of hydrogen-bond acceptors (Lipinski definition) is 2. The standard InChI is InChI=1S/C14H19ClFNO/c1-14(18-2)7-4-8-17(10-14)13-11(9-15)5-3-6-12(13)16/h3,5-6H,4,7-10H2,1-2H3. The van der Waals surface area contributed by atoms with E-state index in [0.29, 0.717) is 18.1 Å². The van der Waals surface area contributed by atoms with Gasteiger partial charge in [-0.25, -0.2) is 4.39 Å². The first-order valence-corrected chi connectivity index (χ1v) is 6.76. The number of nitrogens with zero attached hydrogens (tertiary/aromatic N) is 1. The van der Waals surface area contributed by atoms with Crippen LogP contribution in [0, 0.1) is 5.82 Å². The van der Waals surface area contributed by atoms with Gasteiger partial charge in [0.2, 0.25) is 0 Å². The monoisotopic (exact) mass is 271 g/mol. The van der Waals surface area contributed by atoms with Crippen LogP contribution in [0.15, 0.2) is 18.2 Å². The van der Waals surface area contributed by atoms with E-state index < -0.39 is 0 Å². The van der Waals surface area contributed by atoms with E-state index >= 15 is 0 Å². The maximum absolute atomic E-state index is 14.0. The van der Waals surface area contributed by atoms with E-state index in [1.807, 2.05) is 6.07 Å². The molecule has 0 aromatic heterocycles. The molecule has 100 valence electrons. The normalized spacial score (nSPS) is 24.3. The van der Waals surface area contributed by atoms with Crippen molar-refractivity contribution in [2.75, 3.05) is 25.1 Å². The molecule has 1 heterocycles. The quantitative estimate of drug-likeness (QED) is 0.780. The van der Waals surface area contributed by atoms with Crippen molar-refractivity contribution in [2.24, 2.45) is 0 Å². The Balaban J connectivity index is 2.31. The molecule has 4 heteroatoms. The maximum Gasteiger partial charge on any atom is 0.146 e. The lowest BCUT2D eigenvalue weighted by molar-refractivity contribution is -0.00479. The number of ether oxygens (including phenoxy) is 1. The highest BCUT2D eigenvalue weighted by atomic mass is 35.5. The van der Waals surface area contributed by atoms with Crippen molar-refractivity contribution in [3.63, 3.8) is 0 Å². The lowest BCUT2D eigenvalue weighted by atomic mass is 9.94. The molecule has 1 atom stereocenters. The highest BCUT2D eigenvalue weighted by Gasteiger charge is 2.32. The van der Waals surface area contributed by atoms with Crippen molar-refractivity contribution in [3.8, 4) is 0 Å². The minimum atomic E-state index is -0.204. The van der Waals surface area contributed by atoms with Gasteiger partial charge in [-0.05, 0) is 31.4 Å². The molecule has 1 aliphatic heterocycles. The van der Waals surface area contributed by atoms with Crippen molar-refractivity contribution in [1.82, 2.24) is 0 Å². The third kappa shape index (κ3) is 2.62. The van der Waals surface area contributed by atoms with Gasteiger partial charge in [0.05, 0.1) is 11.3 Å². The van der Waals surface area contributed by atoms with Crippen molar-refractivity contribution in [3.05, 3.63) is 29.6 Å². The number of hydrogen-bond donors (Lipinski definition) is 0. The summed E-state index contributed by atoms with van der Waals surface area (Å²) in [6.07, 6.45) is 2.01. The fourth-order valence-corrected chi connectivity index (χ4v) is 2.80. The van der Waals surface area contributed by atoms with Crippen LogP contribution in [-0.2, 0) is 10.6 Å². The van der Waals surface area contributed by atoms with Crippen LogP contribution in [0.4, 0.5) is 10.1 Å². The Labute approximate surface area is 113 Å². The number of halogens is 2. The molecule has 0 amide bonds. The minimum Gasteiger partial charge on any atom is -0.377 e. The molecule has 0 spiro atoms. The van der Waals surface area contributed by atoms with Gasteiger partial charge >= 0.3 is 0 Å². The zero-order chi connectivity index (χ0) is 13.2. The summed E-state index contributed by atoms with van der Waals surface area (Å²) in [6.45, 7) is 3.62. The van der Waals surface area contributed by atoms with Crippen LogP contribution in [0.5, 0.6) is 0 Å². The Hall–Kier alpha value is -0.800. The van der Waals surface area contributed by atoms with E-state index in [0.717, 1.165) is 24.9 Å². The summed E-state index contributed by atoms with van der Waals surface area (Å²) in [5.41, 5.74) is 1.27. The number of alkyl halides is 1. The summed E-state index contributed by atoms with van der Waals surface area (Å²) in [5, 5.41) is 0. The first kappa shape index (κ1) is 13.6. The number of benzene rings is 1. The molecule has 1 fully saturated rings. The number of rotatable bonds is 3. The van der Waals surface area contributed by atoms with E-state index in [1.165, 1.54) is 6.07 Å². The van der Waals surface area contributed by atoms with Gasteiger partial charge in [0, 0.05) is 26.1 Å². The molecule has 1 saturated heterocycles. The molecule has 18 heavy (non-hydrogen) atoms. The first-order valence-electron chi connectivity index (χ1n) is 6.23. The molecule has 0 aliphatic carbocycles. The van der Waals surface area contributed by atoms with Gasteiger partial charge < -0.3 is 9.64 Å². The topological polar surface area (TPSA) is 12.5 Å². The molecular formula is C14H19ClFNO. The molecule has 1 unspecified atom stereocenters. The van der Waals surface area contributed by atoms with Crippen molar-refractivity contribution < 1.29 is 9.13 Å². The summed E-state index contributed by atoms with van der Waals surface area (Å²) in [7, 11) is 1.72. The van der Waals surface area contributed by atoms with Gasteiger partial charge in [-0.1, -0.05) is 12.1 Å². The van der Waals surface area contributed by atoms with Gasteiger partial charge in [-0.15, -0.1) is 11.6 Å². The Morgan fingerprint density at radius 2 is 2.28 bits per heavy atom. The SMILES string of the molecule is COC1(C)CCCN(c2c(F)cccc2CCl)C1. The molecule has 1 aromatic rings. The lowest BCUT2D eigenvalue weighted by Crippen LogP contribution is -2.48. The highest BCUT2D eigenvalue weighted by Crippen LogP contribution is 2.32. The van der Waals surface area contributed by atoms with Crippen molar-refractivity contribution in [2.45, 2.75) is 31.2 Å². The van der Waals surface area contributed by atoms with Crippen LogP contribution in [0.1, 0.15) is 25.3 Å². The van der Waals surface area contributed by atoms with Crippen LogP contribution >= 0.6 is 11.6 Å². The largest absolute Gasteiger partial charge is 0.377 e. The Morgan fingerprint density at radius 1 is 1.50 bits per heavy atom. The summed E-state index contributed by atoms with van der Waals surface area (Å²) in [6, 6.07) is 5.07. The van der Waals surface area contributed by atoms with Crippen molar-refractivity contribution in [1.29, 1.82) is 0 Å². The van der Waals surface area contributed by atoms with Crippen LogP contribution < -0.4 is 4.90 Å². The van der Waals surface area contributed by atoms with Gasteiger partial charge in [0.25, 0.3) is 0 Å². The zero-order valence-corrected chi connectivity index (χ0v) is 11.6. The molecule has 1 aromatic carbocycles. The summed E-state index contributed by atoms with van der Waals surface area (Å²) in [4.78, 5) is 2.06. The Bertz CT molecular complexity index is 426. The molecular weight excluding hydrogens is 253 g/mol. The van der Waals surface area contributed by atoms with Gasteiger partial charge in [0.1, 0.15) is 5.82 Å². The number of para-hydroxylation sites is 1. The smallest absolute Gasteiger partial charge is 0.146 e. The zero-order valence-electron chi connectivity index (χ0n) is 10.9. The van der Waals surface area contributed by atoms with E-state index in [9.17, 15) is 4.39 Å². The van der Waals surface area contributed by atoms with Crippen LogP contribution in [0.3, 0.4) is 0 Å². The second-order valence-electron chi connectivity index (χ2n) is 5.06. The minimum absolute atomic E-state index is 0.200. The molecule has 0 radical (unpaired) electrons. The van der Waals surface area contributed by atoms with Crippen LogP contribution in [0.2, 0.25) is 0 Å². The highest BCUT2D eigenvalue weighted by molar-refractivity contribution is 6.17. The molecule has 0 saturated carbocycles. The molecule has 1 aliphatic rings. The third-order valence-electron chi connectivity index (χ3n) is 3.68. The number of methoxy groups -OCH3 is 1. The molecule has 0 N–H and O–H groups in total. The Kier molecular flexibility index (Phi) is 4.13. The summed E-state index contributed by atoms with van der Waals surface area (Å²) < 4.78 is 19.6. The van der Waals surface area contributed by atoms with E-state index in [4.69, 9.17) is 16.3 Å². The predicted molar refractivity (Wildman–Crippen MR) is 72.8 cm³/mol. The Morgan fingerprint density at radius 3 is 2.94 bits per heavy atom. The van der Waals surface area contributed by atoms with Gasteiger partial charge in [-0.3, -0.25) is 0 Å². The van der Waals surface area contributed by atoms with Crippen LogP contribution in [0.25, 0.3) is 0 Å². The average molecular weight is 272 g/mol. The molecule has 2 rings (SSSR count). The van der Waals surface area contributed by atoms with Crippen molar-refractivity contribution >= 4 is 17.3 Å². The average Bonchev–Trinajstić information content (AvgIpc) is 2.38. The van der Waals surface area contributed by atoms with E-state index in [1.54, 1.807) is 13.2 Å². The predicted octanol–water partition coefficient (Wildman–Crippen LogP) is 3.57. The summed E-state index contributed by atoms with van der Waals surface area (Å²) in [5.74, 6) is 0.126.